The first-order chi connectivity index (χ1) is 10.4. The Bertz CT molecular complexity index is 660. The molecular weight excluding hydrogens is 295 g/mol. The number of aromatic nitrogens is 2. The number of alkyl halides is 3. The normalized spacial score (nSPS) is 17.8. The fourth-order valence-electron chi connectivity index (χ4n) is 2.95. The van der Waals surface area contributed by atoms with Gasteiger partial charge in [0, 0.05) is 12.1 Å². The molecule has 2 aromatic rings. The minimum atomic E-state index is -4.40. The molecule has 7 heteroatoms. The average Bonchev–Trinajstić information content (AvgIpc) is 3.16. The lowest BCUT2D eigenvalue weighted by molar-refractivity contribution is -0.137. The molecule has 0 spiro atoms. The van der Waals surface area contributed by atoms with Crippen molar-refractivity contribution in [3.05, 3.63) is 35.7 Å². The van der Waals surface area contributed by atoms with Gasteiger partial charge in [0.05, 0.1) is 11.0 Å². The van der Waals surface area contributed by atoms with Gasteiger partial charge in [-0.05, 0) is 25.0 Å². The van der Waals surface area contributed by atoms with Crippen LogP contribution in [0.3, 0.4) is 0 Å². The molecule has 3 rings (SSSR count). The number of nitrogens with two attached hydrogens (primary N) is 1. The third kappa shape index (κ3) is 2.61. The van der Waals surface area contributed by atoms with Gasteiger partial charge in [-0.25, -0.2) is 0 Å². The van der Waals surface area contributed by atoms with Crippen LogP contribution in [0.4, 0.5) is 13.2 Å². The molecule has 4 nitrogen and oxygen atoms in total. The summed E-state index contributed by atoms with van der Waals surface area (Å²) in [6, 6.07) is 4.91. The van der Waals surface area contributed by atoms with E-state index < -0.39 is 11.7 Å². The Morgan fingerprint density at radius 1 is 1.23 bits per heavy atom. The second kappa shape index (κ2) is 5.39. The molecule has 0 atom stereocenters. The van der Waals surface area contributed by atoms with Gasteiger partial charge in [-0.3, -0.25) is 0 Å². The molecule has 0 amide bonds. The molecular formula is C15H16F3N3O. The van der Waals surface area contributed by atoms with E-state index in [0.29, 0.717) is 12.4 Å². The molecule has 0 radical (unpaired) electrons. The van der Waals surface area contributed by atoms with Crippen LogP contribution in [0.15, 0.2) is 28.8 Å². The number of rotatable bonds is 3. The third-order valence-electron chi connectivity index (χ3n) is 4.28. The van der Waals surface area contributed by atoms with E-state index in [-0.39, 0.29) is 16.8 Å². The Morgan fingerprint density at radius 2 is 1.95 bits per heavy atom. The van der Waals surface area contributed by atoms with Gasteiger partial charge >= 0.3 is 6.18 Å². The van der Waals surface area contributed by atoms with Crippen LogP contribution in [-0.2, 0) is 11.6 Å². The molecule has 0 saturated heterocycles. The topological polar surface area (TPSA) is 64.9 Å². The van der Waals surface area contributed by atoms with Crippen molar-refractivity contribution in [1.29, 1.82) is 0 Å². The molecule has 1 aliphatic carbocycles. The quantitative estimate of drug-likeness (QED) is 0.942. The van der Waals surface area contributed by atoms with Crippen molar-refractivity contribution in [1.82, 2.24) is 10.1 Å². The lowest BCUT2D eigenvalue weighted by Crippen LogP contribution is -2.32. The maximum Gasteiger partial charge on any atom is 0.416 e. The molecule has 2 N–H and O–H groups in total. The van der Waals surface area contributed by atoms with Gasteiger partial charge in [0.1, 0.15) is 0 Å². The summed E-state index contributed by atoms with van der Waals surface area (Å²) in [5, 5.41) is 3.84. The van der Waals surface area contributed by atoms with Crippen molar-refractivity contribution >= 4 is 0 Å². The van der Waals surface area contributed by atoms with Crippen LogP contribution in [0.25, 0.3) is 11.4 Å². The van der Waals surface area contributed by atoms with Crippen molar-refractivity contribution in [2.75, 3.05) is 6.54 Å². The highest BCUT2D eigenvalue weighted by Gasteiger charge is 2.39. The molecule has 1 aromatic carbocycles. The fourth-order valence-corrected chi connectivity index (χ4v) is 2.95. The van der Waals surface area contributed by atoms with E-state index in [0.717, 1.165) is 37.8 Å². The lowest BCUT2D eigenvalue weighted by atomic mass is 9.86. The molecule has 1 fully saturated rings. The van der Waals surface area contributed by atoms with Gasteiger partial charge < -0.3 is 10.3 Å². The van der Waals surface area contributed by atoms with E-state index in [1.54, 1.807) is 0 Å². The van der Waals surface area contributed by atoms with Crippen LogP contribution in [0.1, 0.15) is 37.1 Å². The van der Waals surface area contributed by atoms with E-state index in [2.05, 4.69) is 10.1 Å². The Hall–Kier alpha value is -1.89. The first-order valence-electron chi connectivity index (χ1n) is 7.16. The third-order valence-corrected chi connectivity index (χ3v) is 4.28. The van der Waals surface area contributed by atoms with Crippen molar-refractivity contribution in [2.45, 2.75) is 37.3 Å². The lowest BCUT2D eigenvalue weighted by Gasteiger charge is -2.21. The zero-order valence-corrected chi connectivity index (χ0v) is 11.9. The van der Waals surface area contributed by atoms with Gasteiger partial charge in [0.2, 0.25) is 11.7 Å². The number of benzene rings is 1. The minimum absolute atomic E-state index is 0.167. The van der Waals surface area contributed by atoms with Crippen molar-refractivity contribution in [3.63, 3.8) is 0 Å². The first-order valence-corrected chi connectivity index (χ1v) is 7.16. The smallest absolute Gasteiger partial charge is 0.338 e. The highest BCUT2D eigenvalue weighted by Crippen LogP contribution is 2.40. The number of hydrogen-bond donors (Lipinski definition) is 1. The highest BCUT2D eigenvalue weighted by molar-refractivity contribution is 5.56. The van der Waals surface area contributed by atoms with E-state index in [1.807, 2.05) is 0 Å². The van der Waals surface area contributed by atoms with Crippen molar-refractivity contribution < 1.29 is 17.7 Å². The molecule has 0 aliphatic heterocycles. The summed E-state index contributed by atoms with van der Waals surface area (Å²) in [6.45, 7) is 0.400. The Kier molecular flexibility index (Phi) is 3.68. The van der Waals surface area contributed by atoms with Gasteiger partial charge in [-0.15, -0.1) is 0 Å². The summed E-state index contributed by atoms with van der Waals surface area (Å²) < 4.78 is 43.6. The number of nitrogens with zero attached hydrogens (tertiary/aromatic N) is 2. The Morgan fingerprint density at radius 3 is 2.59 bits per heavy atom. The molecule has 1 aliphatic rings. The number of hydrogen-bond acceptors (Lipinski definition) is 4. The molecule has 118 valence electrons. The molecule has 1 heterocycles. The molecule has 1 saturated carbocycles. The summed E-state index contributed by atoms with van der Waals surface area (Å²) in [7, 11) is 0. The summed E-state index contributed by atoms with van der Waals surface area (Å²) in [5.41, 5.74) is 5.08. The SMILES string of the molecule is NCC1(c2nc(-c3cccc(C(F)(F)F)c3)no2)CCCC1. The monoisotopic (exact) mass is 311 g/mol. The summed E-state index contributed by atoms with van der Waals surface area (Å²) >= 11 is 0. The van der Waals surface area contributed by atoms with Crippen LogP contribution in [0.5, 0.6) is 0 Å². The van der Waals surface area contributed by atoms with Crippen LogP contribution >= 0.6 is 0 Å². The van der Waals surface area contributed by atoms with Crippen LogP contribution in [0, 0.1) is 0 Å². The van der Waals surface area contributed by atoms with E-state index in [4.69, 9.17) is 10.3 Å². The van der Waals surface area contributed by atoms with Gasteiger partial charge in [-0.1, -0.05) is 30.1 Å². The molecule has 1 aromatic heterocycles. The van der Waals surface area contributed by atoms with E-state index in [9.17, 15) is 13.2 Å². The summed E-state index contributed by atoms with van der Waals surface area (Å²) in [5.74, 6) is 0.598. The Labute approximate surface area is 125 Å². The second-order valence-electron chi connectivity index (χ2n) is 5.69. The van der Waals surface area contributed by atoms with E-state index in [1.165, 1.54) is 12.1 Å². The van der Waals surface area contributed by atoms with Crippen LogP contribution in [-0.4, -0.2) is 16.7 Å². The minimum Gasteiger partial charge on any atom is -0.338 e. The maximum absolute atomic E-state index is 12.8. The van der Waals surface area contributed by atoms with Gasteiger partial charge in [-0.2, -0.15) is 18.2 Å². The largest absolute Gasteiger partial charge is 0.416 e. The second-order valence-corrected chi connectivity index (χ2v) is 5.69. The van der Waals surface area contributed by atoms with Crippen molar-refractivity contribution in [2.24, 2.45) is 5.73 Å². The number of halogens is 3. The maximum atomic E-state index is 12.8. The summed E-state index contributed by atoms with van der Waals surface area (Å²) in [4.78, 5) is 4.30. The summed E-state index contributed by atoms with van der Waals surface area (Å²) in [6.07, 6.45) is -0.578. The van der Waals surface area contributed by atoms with Gasteiger partial charge in [0.25, 0.3) is 0 Å². The zero-order valence-electron chi connectivity index (χ0n) is 11.9. The van der Waals surface area contributed by atoms with Crippen LogP contribution in [0.2, 0.25) is 0 Å². The molecule has 0 bridgehead atoms. The average molecular weight is 311 g/mol. The predicted molar refractivity (Wildman–Crippen MR) is 73.9 cm³/mol. The highest BCUT2D eigenvalue weighted by atomic mass is 19.4. The Balaban J connectivity index is 1.94. The molecule has 0 unspecified atom stereocenters. The van der Waals surface area contributed by atoms with Gasteiger partial charge in [0.15, 0.2) is 0 Å². The molecule has 22 heavy (non-hydrogen) atoms. The van der Waals surface area contributed by atoms with E-state index >= 15 is 0 Å². The van der Waals surface area contributed by atoms with Crippen LogP contribution < -0.4 is 5.73 Å². The fraction of sp³-hybridized carbons (Fsp3) is 0.467. The first kappa shape index (κ1) is 15.0. The van der Waals surface area contributed by atoms with Crippen molar-refractivity contribution in [3.8, 4) is 11.4 Å². The standard InChI is InChI=1S/C15H16F3N3O/c16-15(17,18)11-5-3-4-10(8-11)12-20-13(22-21-12)14(9-19)6-1-2-7-14/h3-5,8H,1-2,6-7,9,19H2. The zero-order chi connectivity index (χ0) is 15.8. The predicted octanol–water partition coefficient (Wildman–Crippen LogP) is 3.53.